The number of hydrogen-bond acceptors (Lipinski definition) is 6. The summed E-state index contributed by atoms with van der Waals surface area (Å²) in [5, 5.41) is 1.91. The number of rotatable bonds is 4. The molecule has 0 radical (unpaired) electrons. The van der Waals surface area contributed by atoms with Crippen molar-refractivity contribution < 1.29 is 13.9 Å². The number of carbonyl (C=O) groups is 1. The van der Waals surface area contributed by atoms with Gasteiger partial charge in [0.05, 0.1) is 25.0 Å². The summed E-state index contributed by atoms with van der Waals surface area (Å²) in [6.45, 7) is 7.34. The van der Waals surface area contributed by atoms with Gasteiger partial charge in [0, 0.05) is 43.7 Å². The monoisotopic (exact) mass is 461 g/mol. The van der Waals surface area contributed by atoms with Gasteiger partial charge >= 0.3 is 6.01 Å². The van der Waals surface area contributed by atoms with Gasteiger partial charge in [-0.25, -0.2) is 4.39 Å². The zero-order valence-corrected chi connectivity index (χ0v) is 19.3. The maximum atomic E-state index is 15.1. The Kier molecular flexibility index (Phi) is 6.04. The number of amides is 1. The van der Waals surface area contributed by atoms with Gasteiger partial charge in [-0.2, -0.15) is 9.97 Å². The molecule has 2 aromatic carbocycles. The lowest BCUT2D eigenvalue weighted by Gasteiger charge is -2.36. The number of anilines is 2. The molecule has 34 heavy (non-hydrogen) atoms. The van der Waals surface area contributed by atoms with Crippen LogP contribution in [0.5, 0.6) is 6.01 Å². The number of nitrogens with zero attached hydrogens (tertiary/aromatic N) is 5. The second-order valence-corrected chi connectivity index (χ2v) is 8.62. The fourth-order valence-electron chi connectivity index (χ4n) is 4.95. The highest BCUT2D eigenvalue weighted by molar-refractivity contribution is 5.94. The zero-order chi connectivity index (χ0) is 23.7. The molecule has 1 fully saturated rings. The van der Waals surface area contributed by atoms with Gasteiger partial charge < -0.3 is 19.4 Å². The van der Waals surface area contributed by atoms with Gasteiger partial charge in [0.15, 0.2) is 0 Å². The normalized spacial score (nSPS) is 16.2. The van der Waals surface area contributed by atoms with Gasteiger partial charge in [-0.1, -0.05) is 36.9 Å². The van der Waals surface area contributed by atoms with Crippen molar-refractivity contribution in [1.29, 1.82) is 0 Å². The van der Waals surface area contributed by atoms with Crippen molar-refractivity contribution in [2.75, 3.05) is 49.6 Å². The molecule has 0 N–H and O–H groups in total. The number of carbonyl (C=O) groups excluding carboxylic acids is 1. The number of halogens is 1. The van der Waals surface area contributed by atoms with E-state index in [1.807, 2.05) is 30.3 Å². The summed E-state index contributed by atoms with van der Waals surface area (Å²) in [5.74, 6) is 0.575. The quantitative estimate of drug-likeness (QED) is 0.554. The molecule has 0 atom stereocenters. The Morgan fingerprint density at radius 2 is 1.85 bits per heavy atom. The molecule has 3 heterocycles. The second kappa shape index (κ2) is 9.29. The van der Waals surface area contributed by atoms with E-state index in [-0.39, 0.29) is 11.7 Å². The van der Waals surface area contributed by atoms with E-state index in [4.69, 9.17) is 9.72 Å². The third-order valence-electron chi connectivity index (χ3n) is 6.66. The van der Waals surface area contributed by atoms with Crippen molar-refractivity contribution in [3.05, 3.63) is 66.1 Å². The first-order chi connectivity index (χ1) is 16.6. The number of benzene rings is 2. The molecule has 0 bridgehead atoms. The van der Waals surface area contributed by atoms with Crippen LogP contribution in [0.15, 0.2) is 49.1 Å². The standard InChI is InChI=1S/C26H28FN5O2/c1-3-23(33)30-13-15-31(16-14-30)25-20-9-6-12-32(17-22(20)28-26(29-25)34-2)24-19-8-5-4-7-18(19)10-11-21(24)27/h3-5,7-8,10-11H,1,6,9,12-17H2,2H3. The number of ether oxygens (including phenoxy) is 1. The number of fused-ring (bicyclic) bond motifs is 2. The molecule has 7 nitrogen and oxygen atoms in total. The Balaban J connectivity index is 1.50. The molecule has 1 aromatic heterocycles. The molecule has 0 saturated carbocycles. The van der Waals surface area contributed by atoms with E-state index in [0.717, 1.165) is 40.7 Å². The van der Waals surface area contributed by atoms with Crippen LogP contribution in [0.2, 0.25) is 0 Å². The fourth-order valence-corrected chi connectivity index (χ4v) is 4.95. The van der Waals surface area contributed by atoms with Crippen molar-refractivity contribution >= 4 is 28.2 Å². The van der Waals surface area contributed by atoms with E-state index in [2.05, 4.69) is 21.4 Å². The Morgan fingerprint density at radius 3 is 2.62 bits per heavy atom. The number of aromatic nitrogens is 2. The van der Waals surface area contributed by atoms with E-state index >= 15 is 4.39 Å². The van der Waals surface area contributed by atoms with Crippen LogP contribution in [-0.4, -0.2) is 60.6 Å². The average Bonchev–Trinajstić information content (AvgIpc) is 3.09. The topological polar surface area (TPSA) is 61.8 Å². The lowest BCUT2D eigenvalue weighted by atomic mass is 10.1. The van der Waals surface area contributed by atoms with Crippen molar-refractivity contribution in [2.24, 2.45) is 0 Å². The number of methoxy groups -OCH3 is 1. The van der Waals surface area contributed by atoms with Crippen molar-refractivity contribution in [2.45, 2.75) is 19.4 Å². The number of piperazine rings is 1. The van der Waals surface area contributed by atoms with Crippen LogP contribution in [0.25, 0.3) is 10.8 Å². The zero-order valence-electron chi connectivity index (χ0n) is 19.3. The summed E-state index contributed by atoms with van der Waals surface area (Å²) < 4.78 is 20.6. The predicted octanol–water partition coefficient (Wildman–Crippen LogP) is 3.56. The molecule has 5 rings (SSSR count). The van der Waals surface area contributed by atoms with Gasteiger partial charge in [0.2, 0.25) is 5.91 Å². The van der Waals surface area contributed by atoms with Crippen LogP contribution in [0.4, 0.5) is 15.9 Å². The van der Waals surface area contributed by atoms with Crippen LogP contribution < -0.4 is 14.5 Å². The maximum Gasteiger partial charge on any atom is 0.318 e. The van der Waals surface area contributed by atoms with E-state index in [1.165, 1.54) is 6.08 Å². The molecule has 1 amide bonds. The highest BCUT2D eigenvalue weighted by Crippen LogP contribution is 2.35. The van der Waals surface area contributed by atoms with E-state index < -0.39 is 0 Å². The minimum atomic E-state index is -0.230. The van der Waals surface area contributed by atoms with Gasteiger partial charge in [0.1, 0.15) is 11.6 Å². The van der Waals surface area contributed by atoms with Crippen LogP contribution in [0.1, 0.15) is 17.7 Å². The molecule has 3 aromatic rings. The van der Waals surface area contributed by atoms with Gasteiger partial charge in [-0.15, -0.1) is 0 Å². The first-order valence-electron chi connectivity index (χ1n) is 11.6. The highest BCUT2D eigenvalue weighted by Gasteiger charge is 2.28. The average molecular weight is 462 g/mol. The summed E-state index contributed by atoms with van der Waals surface area (Å²) in [6, 6.07) is 11.5. The molecule has 8 heteroatoms. The lowest BCUT2D eigenvalue weighted by molar-refractivity contribution is -0.126. The van der Waals surface area contributed by atoms with Crippen LogP contribution in [0.3, 0.4) is 0 Å². The SMILES string of the molecule is C=CC(=O)N1CCN(c2nc(OC)nc3c2CCCN(c2c(F)ccc4ccccc24)C3)CC1. The van der Waals surface area contributed by atoms with Crippen LogP contribution in [-0.2, 0) is 17.8 Å². The Labute approximate surface area is 198 Å². The van der Waals surface area contributed by atoms with E-state index in [0.29, 0.717) is 51.0 Å². The summed E-state index contributed by atoms with van der Waals surface area (Å²) in [5.41, 5.74) is 2.55. The smallest absolute Gasteiger partial charge is 0.318 e. The summed E-state index contributed by atoms with van der Waals surface area (Å²) >= 11 is 0. The minimum Gasteiger partial charge on any atom is -0.467 e. The Morgan fingerprint density at radius 1 is 1.06 bits per heavy atom. The maximum absolute atomic E-state index is 15.1. The second-order valence-electron chi connectivity index (χ2n) is 8.62. The van der Waals surface area contributed by atoms with Crippen molar-refractivity contribution in [1.82, 2.24) is 14.9 Å². The largest absolute Gasteiger partial charge is 0.467 e. The Hall–Kier alpha value is -3.68. The summed E-state index contributed by atoms with van der Waals surface area (Å²) in [6.07, 6.45) is 3.01. The third-order valence-corrected chi connectivity index (χ3v) is 6.66. The van der Waals surface area contributed by atoms with Crippen LogP contribution >= 0.6 is 0 Å². The van der Waals surface area contributed by atoms with Gasteiger partial charge in [-0.05, 0) is 30.4 Å². The van der Waals surface area contributed by atoms with Crippen molar-refractivity contribution in [3.63, 3.8) is 0 Å². The molecule has 2 aliphatic heterocycles. The summed E-state index contributed by atoms with van der Waals surface area (Å²) in [4.78, 5) is 27.5. The Bertz CT molecular complexity index is 1240. The fraction of sp³-hybridized carbons (Fsp3) is 0.346. The summed E-state index contributed by atoms with van der Waals surface area (Å²) in [7, 11) is 1.56. The molecule has 0 aliphatic carbocycles. The van der Waals surface area contributed by atoms with E-state index in [1.54, 1.807) is 18.1 Å². The third kappa shape index (κ3) is 4.04. The molecule has 176 valence electrons. The van der Waals surface area contributed by atoms with E-state index in [9.17, 15) is 4.79 Å². The van der Waals surface area contributed by atoms with Crippen LogP contribution in [0, 0.1) is 5.82 Å². The highest BCUT2D eigenvalue weighted by atomic mass is 19.1. The van der Waals surface area contributed by atoms with Gasteiger partial charge in [0.25, 0.3) is 0 Å². The molecule has 0 spiro atoms. The molecule has 1 saturated heterocycles. The van der Waals surface area contributed by atoms with Crippen molar-refractivity contribution in [3.8, 4) is 6.01 Å². The lowest BCUT2D eigenvalue weighted by Crippen LogP contribution is -2.49. The predicted molar refractivity (Wildman–Crippen MR) is 131 cm³/mol. The first kappa shape index (κ1) is 22.1. The molecule has 0 unspecified atom stereocenters. The van der Waals surface area contributed by atoms with Gasteiger partial charge in [-0.3, -0.25) is 4.79 Å². The first-order valence-corrected chi connectivity index (χ1v) is 11.6. The number of hydrogen-bond donors (Lipinski definition) is 0. The minimum absolute atomic E-state index is 0.0495. The molecular formula is C26H28FN5O2. The molecular weight excluding hydrogens is 433 g/mol. The molecule has 2 aliphatic rings.